The molecule has 1 rings (SSSR count). The van der Waals surface area contributed by atoms with Crippen molar-refractivity contribution < 1.29 is 28.6 Å². The van der Waals surface area contributed by atoms with E-state index in [-0.39, 0.29) is 18.0 Å². The molecule has 0 aliphatic rings. The Hall–Kier alpha value is -2.64. The predicted octanol–water partition coefficient (Wildman–Crippen LogP) is 3.93. The van der Waals surface area contributed by atoms with Crippen LogP contribution in [-0.4, -0.2) is 40.9 Å². The summed E-state index contributed by atoms with van der Waals surface area (Å²) in [6.45, 7) is 12.0. The summed E-state index contributed by atoms with van der Waals surface area (Å²) in [6, 6.07) is 2.75. The van der Waals surface area contributed by atoms with Crippen molar-refractivity contribution in [2.45, 2.75) is 59.7 Å². The summed E-state index contributed by atoms with van der Waals surface area (Å²) in [7, 11) is 0. The fourth-order valence-corrected chi connectivity index (χ4v) is 1.74. The molecule has 0 radical (unpaired) electrons. The molecule has 0 spiro atoms. The van der Waals surface area contributed by atoms with Crippen LogP contribution in [0.3, 0.4) is 0 Å². The molecule has 26 heavy (non-hydrogen) atoms. The molecular weight excluding hydrogens is 340 g/mol. The summed E-state index contributed by atoms with van der Waals surface area (Å²) in [5, 5.41) is 0. The van der Waals surface area contributed by atoms with E-state index in [4.69, 9.17) is 14.2 Å². The minimum Gasteiger partial charge on any atom is -0.461 e. The quantitative estimate of drug-likeness (QED) is 0.590. The third-order valence-electron chi connectivity index (χ3n) is 2.64. The summed E-state index contributed by atoms with van der Waals surface area (Å²) in [5.74, 6) is -0.597. The van der Waals surface area contributed by atoms with Crippen LogP contribution in [0, 0.1) is 0 Å². The number of hydrogen-bond acceptors (Lipinski definition) is 7. The molecule has 1 aromatic heterocycles. The molecule has 1 heterocycles. The first-order valence-electron chi connectivity index (χ1n) is 8.23. The SMILES string of the molecule is CCOC(=O)c1ccc(N(C(=O)OC(C)(C)C)C(=O)OC(C)(C)C)cn1. The Kier molecular flexibility index (Phi) is 6.72. The van der Waals surface area contributed by atoms with Crippen LogP contribution in [0.25, 0.3) is 0 Å². The van der Waals surface area contributed by atoms with Crippen molar-refractivity contribution >= 4 is 23.8 Å². The van der Waals surface area contributed by atoms with Gasteiger partial charge in [-0.05, 0) is 60.6 Å². The molecule has 0 aromatic carbocycles. The second-order valence-electron chi connectivity index (χ2n) is 7.42. The van der Waals surface area contributed by atoms with Crippen LogP contribution >= 0.6 is 0 Å². The van der Waals surface area contributed by atoms with Crippen molar-refractivity contribution in [3.63, 3.8) is 0 Å². The Morgan fingerprint density at radius 1 is 0.962 bits per heavy atom. The van der Waals surface area contributed by atoms with Crippen LogP contribution in [-0.2, 0) is 14.2 Å². The first-order valence-corrected chi connectivity index (χ1v) is 8.23. The highest BCUT2D eigenvalue weighted by Gasteiger charge is 2.33. The standard InChI is InChI=1S/C18H26N2O6/c1-8-24-14(21)13-10-9-12(11-19-13)20(15(22)25-17(2,3)4)16(23)26-18(5,6)7/h9-11H,8H2,1-7H3. The van der Waals surface area contributed by atoms with Gasteiger partial charge in [-0.2, -0.15) is 4.90 Å². The lowest BCUT2D eigenvalue weighted by atomic mass is 10.2. The van der Waals surface area contributed by atoms with Crippen LogP contribution in [0.2, 0.25) is 0 Å². The van der Waals surface area contributed by atoms with Crippen molar-refractivity contribution in [3.8, 4) is 0 Å². The maximum absolute atomic E-state index is 12.5. The topological polar surface area (TPSA) is 95.0 Å². The normalized spacial score (nSPS) is 11.5. The van der Waals surface area contributed by atoms with Gasteiger partial charge in [0.05, 0.1) is 18.5 Å². The number of pyridine rings is 1. The van der Waals surface area contributed by atoms with Gasteiger partial charge >= 0.3 is 18.2 Å². The highest BCUT2D eigenvalue weighted by Crippen LogP contribution is 2.21. The lowest BCUT2D eigenvalue weighted by Crippen LogP contribution is -2.43. The fraction of sp³-hybridized carbons (Fsp3) is 0.556. The second-order valence-corrected chi connectivity index (χ2v) is 7.42. The first kappa shape index (κ1) is 21.4. The zero-order chi connectivity index (χ0) is 20.1. The van der Waals surface area contributed by atoms with E-state index in [1.807, 2.05) is 0 Å². The minimum atomic E-state index is -0.905. The van der Waals surface area contributed by atoms with E-state index in [1.54, 1.807) is 48.5 Å². The maximum atomic E-state index is 12.5. The molecule has 2 amide bonds. The molecular formula is C18H26N2O6. The lowest BCUT2D eigenvalue weighted by molar-refractivity contribution is 0.0429. The Bertz CT molecular complexity index is 628. The summed E-state index contributed by atoms with van der Waals surface area (Å²) in [4.78, 5) is 41.3. The van der Waals surface area contributed by atoms with Crippen LogP contribution in [0.15, 0.2) is 18.3 Å². The van der Waals surface area contributed by atoms with E-state index in [0.29, 0.717) is 0 Å². The van der Waals surface area contributed by atoms with Crippen LogP contribution in [0.5, 0.6) is 0 Å². The number of nitrogens with zero attached hydrogens (tertiary/aromatic N) is 2. The number of rotatable bonds is 3. The van der Waals surface area contributed by atoms with Crippen LogP contribution in [0.1, 0.15) is 59.0 Å². The van der Waals surface area contributed by atoms with Gasteiger partial charge in [0.2, 0.25) is 0 Å². The fourth-order valence-electron chi connectivity index (χ4n) is 1.74. The molecule has 0 aliphatic carbocycles. The smallest absolute Gasteiger partial charge is 0.424 e. The van der Waals surface area contributed by atoms with E-state index in [1.165, 1.54) is 18.3 Å². The third kappa shape index (κ3) is 6.70. The number of esters is 1. The van der Waals surface area contributed by atoms with Crippen LogP contribution < -0.4 is 4.90 Å². The van der Waals surface area contributed by atoms with Crippen molar-refractivity contribution in [2.24, 2.45) is 0 Å². The zero-order valence-corrected chi connectivity index (χ0v) is 16.3. The van der Waals surface area contributed by atoms with Crippen molar-refractivity contribution in [3.05, 3.63) is 24.0 Å². The van der Waals surface area contributed by atoms with E-state index in [9.17, 15) is 14.4 Å². The van der Waals surface area contributed by atoms with Gasteiger partial charge in [-0.1, -0.05) is 0 Å². The molecule has 0 unspecified atom stereocenters. The molecule has 0 saturated carbocycles. The molecule has 8 heteroatoms. The zero-order valence-electron chi connectivity index (χ0n) is 16.3. The van der Waals surface area contributed by atoms with Gasteiger partial charge < -0.3 is 14.2 Å². The maximum Gasteiger partial charge on any atom is 0.424 e. The third-order valence-corrected chi connectivity index (χ3v) is 2.64. The second kappa shape index (κ2) is 8.16. The molecule has 8 nitrogen and oxygen atoms in total. The van der Waals surface area contributed by atoms with E-state index in [0.717, 1.165) is 4.90 Å². The lowest BCUT2D eigenvalue weighted by Gasteiger charge is -2.28. The molecule has 0 atom stereocenters. The monoisotopic (exact) mass is 366 g/mol. The molecule has 1 aromatic rings. The molecule has 0 N–H and O–H groups in total. The van der Waals surface area contributed by atoms with Gasteiger partial charge in [0.1, 0.15) is 16.9 Å². The first-order chi connectivity index (χ1) is 11.8. The van der Waals surface area contributed by atoms with Gasteiger partial charge in [-0.15, -0.1) is 0 Å². The number of amides is 2. The van der Waals surface area contributed by atoms with Crippen molar-refractivity contribution in [2.75, 3.05) is 11.5 Å². The summed E-state index contributed by atoms with van der Waals surface area (Å²) >= 11 is 0. The van der Waals surface area contributed by atoms with Gasteiger partial charge in [-0.25, -0.2) is 19.4 Å². The predicted molar refractivity (Wildman–Crippen MR) is 95.1 cm³/mol. The number of ether oxygens (including phenoxy) is 3. The minimum absolute atomic E-state index is 0.0592. The molecule has 0 aliphatic heterocycles. The van der Waals surface area contributed by atoms with E-state index >= 15 is 0 Å². The number of imide groups is 1. The van der Waals surface area contributed by atoms with E-state index < -0.39 is 29.4 Å². The highest BCUT2D eigenvalue weighted by atomic mass is 16.6. The molecule has 144 valence electrons. The van der Waals surface area contributed by atoms with Crippen molar-refractivity contribution in [1.82, 2.24) is 4.98 Å². The number of anilines is 1. The highest BCUT2D eigenvalue weighted by molar-refractivity contribution is 6.09. The molecule has 0 fully saturated rings. The van der Waals surface area contributed by atoms with Gasteiger partial charge in [0.15, 0.2) is 0 Å². The summed E-state index contributed by atoms with van der Waals surface area (Å²) < 4.78 is 15.4. The Morgan fingerprint density at radius 3 is 1.81 bits per heavy atom. The summed E-state index contributed by atoms with van der Waals surface area (Å²) in [5.41, 5.74) is -1.45. The Labute approximate surface area is 153 Å². The van der Waals surface area contributed by atoms with Gasteiger partial charge in [0.25, 0.3) is 0 Å². The number of hydrogen-bond donors (Lipinski definition) is 0. The number of carbonyl (C=O) groups excluding carboxylic acids is 3. The molecule has 0 saturated heterocycles. The Balaban J connectivity index is 3.17. The van der Waals surface area contributed by atoms with Crippen LogP contribution in [0.4, 0.5) is 15.3 Å². The average molecular weight is 366 g/mol. The Morgan fingerprint density at radius 2 is 1.46 bits per heavy atom. The number of carbonyl (C=O) groups is 3. The van der Waals surface area contributed by atoms with E-state index in [2.05, 4.69) is 4.98 Å². The van der Waals surface area contributed by atoms with Crippen molar-refractivity contribution in [1.29, 1.82) is 0 Å². The number of aromatic nitrogens is 1. The largest absolute Gasteiger partial charge is 0.461 e. The average Bonchev–Trinajstić information content (AvgIpc) is 2.44. The summed E-state index contributed by atoms with van der Waals surface area (Å²) in [6.07, 6.45) is -0.602. The van der Waals surface area contributed by atoms with Gasteiger partial charge in [0, 0.05) is 0 Å². The molecule has 0 bridgehead atoms. The van der Waals surface area contributed by atoms with Gasteiger partial charge in [-0.3, -0.25) is 0 Å².